The number of hydrogen-bond acceptors (Lipinski definition) is 2. The van der Waals surface area contributed by atoms with Gasteiger partial charge in [0.15, 0.2) is 0 Å². The Hall–Kier alpha value is -1.32. The highest BCUT2D eigenvalue weighted by atomic mass is 35.5. The van der Waals surface area contributed by atoms with Crippen LogP contribution in [0.25, 0.3) is 5.69 Å². The zero-order chi connectivity index (χ0) is 12.8. The molecule has 0 saturated heterocycles. The first kappa shape index (κ1) is 11.8. The Morgan fingerprint density at radius 3 is 2.78 bits per heavy atom. The molecule has 0 amide bonds. The second kappa shape index (κ2) is 4.11. The van der Waals surface area contributed by atoms with E-state index in [2.05, 4.69) is 11.2 Å². The van der Waals surface area contributed by atoms with E-state index in [0.717, 1.165) is 34.8 Å². The van der Waals surface area contributed by atoms with Crippen molar-refractivity contribution in [3.8, 4) is 5.69 Å². The fourth-order valence-electron chi connectivity index (χ4n) is 2.33. The van der Waals surface area contributed by atoms with Crippen LogP contribution in [0.2, 0.25) is 5.02 Å². The van der Waals surface area contributed by atoms with Gasteiger partial charge in [0.2, 0.25) is 0 Å². The number of halogens is 1. The number of benzene rings is 1. The summed E-state index contributed by atoms with van der Waals surface area (Å²) in [5, 5.41) is 5.42. The summed E-state index contributed by atoms with van der Waals surface area (Å²) in [7, 11) is 0. The number of rotatable bonds is 3. The molecule has 94 valence electrons. The van der Waals surface area contributed by atoms with Crippen LogP contribution in [-0.2, 0) is 5.41 Å². The molecule has 1 aromatic heterocycles. The van der Waals surface area contributed by atoms with E-state index in [1.54, 1.807) is 0 Å². The summed E-state index contributed by atoms with van der Waals surface area (Å²) in [4.78, 5) is 0. The number of nitrogens with two attached hydrogens (primary N) is 1. The van der Waals surface area contributed by atoms with Crippen LogP contribution < -0.4 is 5.73 Å². The number of nitrogens with zero attached hydrogens (tertiary/aromatic N) is 2. The van der Waals surface area contributed by atoms with E-state index >= 15 is 0 Å². The van der Waals surface area contributed by atoms with Crippen LogP contribution in [0, 0.1) is 6.92 Å². The van der Waals surface area contributed by atoms with Gasteiger partial charge >= 0.3 is 0 Å². The number of aryl methyl sites for hydroxylation is 1. The lowest BCUT2D eigenvalue weighted by Crippen LogP contribution is -2.20. The molecule has 1 fully saturated rings. The molecule has 3 rings (SSSR count). The van der Waals surface area contributed by atoms with Gasteiger partial charge in [0, 0.05) is 23.2 Å². The van der Waals surface area contributed by atoms with Gasteiger partial charge in [0.1, 0.15) is 0 Å². The van der Waals surface area contributed by atoms with Crippen LogP contribution in [0.4, 0.5) is 0 Å². The summed E-state index contributed by atoms with van der Waals surface area (Å²) in [6, 6.07) is 7.92. The lowest BCUT2D eigenvalue weighted by atomic mass is 10.0. The van der Waals surface area contributed by atoms with Crippen LogP contribution >= 0.6 is 11.6 Å². The van der Waals surface area contributed by atoms with E-state index < -0.39 is 0 Å². The molecule has 0 bridgehead atoms. The molecule has 18 heavy (non-hydrogen) atoms. The third-order valence-electron chi connectivity index (χ3n) is 3.78. The van der Waals surface area contributed by atoms with Gasteiger partial charge in [-0.25, -0.2) is 4.68 Å². The van der Waals surface area contributed by atoms with Crippen molar-refractivity contribution in [1.29, 1.82) is 0 Å². The minimum atomic E-state index is 0.144. The van der Waals surface area contributed by atoms with Gasteiger partial charge in [-0.3, -0.25) is 0 Å². The van der Waals surface area contributed by atoms with Crippen molar-refractivity contribution in [2.45, 2.75) is 25.2 Å². The average Bonchev–Trinajstić information content (AvgIpc) is 3.00. The quantitative estimate of drug-likeness (QED) is 0.923. The second-order valence-electron chi connectivity index (χ2n) is 5.06. The topological polar surface area (TPSA) is 43.8 Å². The molecule has 3 nitrogen and oxygen atoms in total. The Balaban J connectivity index is 1.98. The van der Waals surface area contributed by atoms with Crippen molar-refractivity contribution in [3.63, 3.8) is 0 Å². The van der Waals surface area contributed by atoms with Crippen molar-refractivity contribution < 1.29 is 0 Å². The molecular formula is C14H16ClN3. The summed E-state index contributed by atoms with van der Waals surface area (Å²) in [6.07, 6.45) is 4.31. The minimum absolute atomic E-state index is 0.144. The highest BCUT2D eigenvalue weighted by Crippen LogP contribution is 2.46. The third-order valence-corrected chi connectivity index (χ3v) is 4.02. The molecule has 4 heteroatoms. The molecule has 0 spiro atoms. The SMILES string of the molecule is Cc1cc(Cl)ccc1-n1ccc(C2(CN)CC2)n1. The van der Waals surface area contributed by atoms with E-state index in [9.17, 15) is 0 Å². The summed E-state index contributed by atoms with van der Waals surface area (Å²) in [5.41, 5.74) is 9.27. The standard InChI is InChI=1S/C14H16ClN3/c1-10-8-11(15)2-3-12(10)18-7-4-13(17-18)14(9-16)5-6-14/h2-4,7-8H,5-6,9,16H2,1H3. The first-order valence-corrected chi connectivity index (χ1v) is 6.55. The van der Waals surface area contributed by atoms with E-state index in [1.165, 1.54) is 0 Å². The van der Waals surface area contributed by atoms with Gasteiger partial charge in [0.25, 0.3) is 0 Å². The van der Waals surface area contributed by atoms with Crippen LogP contribution in [0.3, 0.4) is 0 Å². The second-order valence-corrected chi connectivity index (χ2v) is 5.50. The fraction of sp³-hybridized carbons (Fsp3) is 0.357. The Bertz CT molecular complexity index is 584. The monoisotopic (exact) mass is 261 g/mol. The molecule has 0 radical (unpaired) electrons. The zero-order valence-corrected chi connectivity index (χ0v) is 11.1. The maximum Gasteiger partial charge on any atom is 0.0703 e. The van der Waals surface area contributed by atoms with Crippen LogP contribution in [0.5, 0.6) is 0 Å². The molecule has 1 saturated carbocycles. The molecular weight excluding hydrogens is 246 g/mol. The van der Waals surface area contributed by atoms with Gasteiger partial charge < -0.3 is 5.73 Å². The van der Waals surface area contributed by atoms with E-state index in [0.29, 0.717) is 6.54 Å². The van der Waals surface area contributed by atoms with Crippen molar-refractivity contribution >= 4 is 11.6 Å². The summed E-state index contributed by atoms with van der Waals surface area (Å²) < 4.78 is 1.91. The molecule has 2 N–H and O–H groups in total. The van der Waals surface area contributed by atoms with Gasteiger partial charge in [0.05, 0.1) is 11.4 Å². The molecule has 2 aromatic rings. The largest absolute Gasteiger partial charge is 0.330 e. The molecule has 1 aliphatic rings. The lowest BCUT2D eigenvalue weighted by Gasteiger charge is -2.09. The molecule has 0 unspecified atom stereocenters. The third kappa shape index (κ3) is 1.84. The Labute approximate surface area is 112 Å². The van der Waals surface area contributed by atoms with Gasteiger partial charge in [-0.2, -0.15) is 5.10 Å². The van der Waals surface area contributed by atoms with E-state index in [-0.39, 0.29) is 5.41 Å². The number of hydrogen-bond donors (Lipinski definition) is 1. The first-order chi connectivity index (χ1) is 8.64. The van der Waals surface area contributed by atoms with Crippen LogP contribution in [0.1, 0.15) is 24.1 Å². The maximum atomic E-state index is 5.97. The zero-order valence-electron chi connectivity index (χ0n) is 10.4. The molecule has 1 heterocycles. The van der Waals surface area contributed by atoms with Crippen molar-refractivity contribution in [2.75, 3.05) is 6.54 Å². The molecule has 1 aromatic carbocycles. The van der Waals surface area contributed by atoms with Gasteiger partial charge in [-0.1, -0.05) is 11.6 Å². The van der Waals surface area contributed by atoms with Gasteiger partial charge in [-0.05, 0) is 49.6 Å². The van der Waals surface area contributed by atoms with Gasteiger partial charge in [-0.15, -0.1) is 0 Å². The van der Waals surface area contributed by atoms with Crippen molar-refractivity contribution in [1.82, 2.24) is 9.78 Å². The van der Waals surface area contributed by atoms with Crippen LogP contribution in [-0.4, -0.2) is 16.3 Å². The Morgan fingerprint density at radius 1 is 1.39 bits per heavy atom. The summed E-state index contributed by atoms with van der Waals surface area (Å²) >= 11 is 5.97. The maximum absolute atomic E-state index is 5.97. The fourth-order valence-corrected chi connectivity index (χ4v) is 2.56. The molecule has 1 aliphatic carbocycles. The predicted molar refractivity (Wildman–Crippen MR) is 73.3 cm³/mol. The van der Waals surface area contributed by atoms with Crippen LogP contribution in [0.15, 0.2) is 30.5 Å². The first-order valence-electron chi connectivity index (χ1n) is 6.17. The lowest BCUT2D eigenvalue weighted by molar-refractivity contribution is 0.661. The predicted octanol–water partition coefficient (Wildman–Crippen LogP) is 2.82. The van der Waals surface area contributed by atoms with Crippen molar-refractivity contribution in [2.24, 2.45) is 5.73 Å². The number of aromatic nitrogens is 2. The molecule has 0 atom stereocenters. The van der Waals surface area contributed by atoms with Crippen molar-refractivity contribution in [3.05, 3.63) is 46.7 Å². The Kier molecular flexibility index (Phi) is 2.68. The highest BCUT2D eigenvalue weighted by Gasteiger charge is 2.44. The average molecular weight is 262 g/mol. The summed E-state index contributed by atoms with van der Waals surface area (Å²) in [5.74, 6) is 0. The minimum Gasteiger partial charge on any atom is -0.330 e. The smallest absolute Gasteiger partial charge is 0.0703 e. The summed E-state index contributed by atoms with van der Waals surface area (Å²) in [6.45, 7) is 2.72. The normalized spacial score (nSPS) is 16.8. The highest BCUT2D eigenvalue weighted by molar-refractivity contribution is 6.30. The molecule has 0 aliphatic heterocycles. The van der Waals surface area contributed by atoms with E-state index in [1.807, 2.05) is 36.0 Å². The Morgan fingerprint density at radius 2 is 2.17 bits per heavy atom. The van der Waals surface area contributed by atoms with E-state index in [4.69, 9.17) is 17.3 Å².